The van der Waals surface area contributed by atoms with Crippen molar-refractivity contribution in [3.05, 3.63) is 58.9 Å². The maximum atomic E-state index is 12.6. The summed E-state index contributed by atoms with van der Waals surface area (Å²) >= 11 is 0. The summed E-state index contributed by atoms with van der Waals surface area (Å²) in [7, 11) is -5.52. The van der Waals surface area contributed by atoms with E-state index in [1.54, 1.807) is 18.2 Å². The number of halogens is 5. The molecule has 134 valence electrons. The number of aromatic hydroxyl groups is 1. The van der Waals surface area contributed by atoms with Gasteiger partial charge < -0.3 is 5.11 Å². The van der Waals surface area contributed by atoms with Crippen LogP contribution in [0.5, 0.6) is 5.75 Å². The van der Waals surface area contributed by atoms with Crippen LogP contribution in [0.1, 0.15) is 10.4 Å². The normalized spacial score (nSPS) is 10.3. The molecule has 25 heavy (non-hydrogen) atoms. The quantitative estimate of drug-likeness (QED) is 0.236. The number of aldehydes is 1. The Morgan fingerprint density at radius 1 is 0.840 bits per heavy atom. The van der Waals surface area contributed by atoms with E-state index in [1.807, 2.05) is 0 Å². The van der Waals surface area contributed by atoms with Crippen molar-refractivity contribution in [2.45, 2.75) is 4.90 Å². The molecular formula is C13H7F5O5SZr. The number of hydrogen-bond acceptors (Lipinski definition) is 4. The summed E-state index contributed by atoms with van der Waals surface area (Å²) in [6.45, 7) is 0. The minimum Gasteiger partial charge on any atom is -0.507 e. The molecule has 2 N–H and O–H groups in total. The van der Waals surface area contributed by atoms with Crippen molar-refractivity contribution in [2.75, 3.05) is 0 Å². The fourth-order valence-electron chi connectivity index (χ4n) is 1.40. The average molecular weight is 461 g/mol. The number of carbonyl (C=O) groups is 1. The fourth-order valence-corrected chi connectivity index (χ4v) is 2.03. The van der Waals surface area contributed by atoms with Crippen LogP contribution in [-0.4, -0.2) is 24.4 Å². The van der Waals surface area contributed by atoms with E-state index in [0.717, 1.165) is 0 Å². The first kappa shape index (κ1) is 23.4. The van der Waals surface area contributed by atoms with Gasteiger partial charge in [-0.05, 0) is 12.1 Å². The third-order valence-corrected chi connectivity index (χ3v) is 3.37. The summed E-state index contributed by atoms with van der Waals surface area (Å²) in [4.78, 5) is 7.80. The molecule has 12 heteroatoms. The van der Waals surface area contributed by atoms with Gasteiger partial charge in [0.1, 0.15) is 5.75 Å². The number of phenols is 1. The maximum Gasteiger partial charge on any atom is 0.300 e. The van der Waals surface area contributed by atoms with Gasteiger partial charge in [-0.1, -0.05) is 12.1 Å². The van der Waals surface area contributed by atoms with Crippen LogP contribution in [0.3, 0.4) is 0 Å². The molecule has 0 heterocycles. The van der Waals surface area contributed by atoms with Crippen LogP contribution >= 0.6 is 0 Å². The molecule has 0 spiro atoms. The molecule has 0 saturated heterocycles. The van der Waals surface area contributed by atoms with Crippen molar-refractivity contribution in [3.8, 4) is 5.75 Å². The third-order valence-electron chi connectivity index (χ3n) is 2.49. The molecule has 2 aromatic rings. The van der Waals surface area contributed by atoms with E-state index in [-0.39, 0.29) is 32.0 Å². The Morgan fingerprint density at radius 2 is 1.24 bits per heavy atom. The van der Waals surface area contributed by atoms with Crippen molar-refractivity contribution in [2.24, 2.45) is 0 Å². The van der Waals surface area contributed by atoms with Crippen LogP contribution in [0.4, 0.5) is 22.0 Å². The maximum absolute atomic E-state index is 12.6. The molecule has 0 radical (unpaired) electrons. The van der Waals surface area contributed by atoms with Crippen LogP contribution in [0, 0.1) is 29.1 Å². The Morgan fingerprint density at radius 3 is 1.56 bits per heavy atom. The van der Waals surface area contributed by atoms with E-state index in [9.17, 15) is 35.2 Å². The van der Waals surface area contributed by atoms with Gasteiger partial charge in [0.05, 0.1) is 5.56 Å². The van der Waals surface area contributed by atoms with Crippen molar-refractivity contribution in [3.63, 3.8) is 0 Å². The number of hydrogen-bond donors (Lipinski definition) is 2. The predicted molar refractivity (Wildman–Crippen MR) is 69.5 cm³/mol. The van der Waals surface area contributed by atoms with Crippen molar-refractivity contribution in [1.29, 1.82) is 0 Å². The SMILES string of the molecule is O=Cc1ccccc1O.O=S(=O)(O)c1c(F)c(F)c(F)c(F)c1F.[Zr]. The molecule has 5 nitrogen and oxygen atoms in total. The number of rotatable bonds is 2. The molecule has 0 fully saturated rings. The minimum atomic E-state index is -5.52. The van der Waals surface area contributed by atoms with E-state index >= 15 is 0 Å². The van der Waals surface area contributed by atoms with Gasteiger partial charge in [0, 0.05) is 26.2 Å². The zero-order valence-corrected chi connectivity index (χ0v) is 15.1. The second-order valence-corrected chi connectivity index (χ2v) is 5.41. The van der Waals surface area contributed by atoms with E-state index < -0.39 is 44.1 Å². The summed E-state index contributed by atoms with van der Waals surface area (Å²) in [6.07, 6.45) is 0.620. The van der Waals surface area contributed by atoms with Crippen LogP contribution in [0.25, 0.3) is 0 Å². The Hall–Kier alpha value is -1.65. The molecule has 0 aliphatic carbocycles. The molecule has 0 aromatic heterocycles. The van der Waals surface area contributed by atoms with Gasteiger partial charge in [-0.25, -0.2) is 22.0 Å². The second kappa shape index (κ2) is 9.16. The summed E-state index contributed by atoms with van der Waals surface area (Å²) in [5.74, 6) is -12.6. The largest absolute Gasteiger partial charge is 0.507 e. The summed E-state index contributed by atoms with van der Waals surface area (Å²) in [6, 6.07) is 6.40. The van der Waals surface area contributed by atoms with E-state index in [4.69, 9.17) is 9.66 Å². The van der Waals surface area contributed by atoms with Crippen LogP contribution < -0.4 is 0 Å². The minimum absolute atomic E-state index is 0. The van der Waals surface area contributed by atoms with Crippen LogP contribution in [-0.2, 0) is 36.3 Å². The average Bonchev–Trinajstić information content (AvgIpc) is 2.51. The van der Waals surface area contributed by atoms with Gasteiger partial charge in [-0.15, -0.1) is 0 Å². The van der Waals surface area contributed by atoms with Crippen molar-refractivity contribution < 1.29 is 71.0 Å². The molecule has 0 aliphatic rings. The van der Waals surface area contributed by atoms with Gasteiger partial charge >= 0.3 is 10.1 Å². The van der Waals surface area contributed by atoms with Gasteiger partial charge in [-0.3, -0.25) is 9.35 Å². The number of para-hydroxylation sites is 1. The zero-order chi connectivity index (χ0) is 18.7. The van der Waals surface area contributed by atoms with Gasteiger partial charge in [-0.2, -0.15) is 8.42 Å². The van der Waals surface area contributed by atoms with E-state index in [0.29, 0.717) is 11.8 Å². The Kier molecular flexibility index (Phi) is 8.56. The van der Waals surface area contributed by atoms with Gasteiger partial charge in [0.2, 0.25) is 5.82 Å². The first-order chi connectivity index (χ1) is 11.0. The Bertz CT molecular complexity index is 860. The monoisotopic (exact) mass is 460 g/mol. The third kappa shape index (κ3) is 5.41. The topological polar surface area (TPSA) is 91.7 Å². The summed E-state index contributed by atoms with van der Waals surface area (Å²) in [5, 5.41) is 8.88. The Labute approximate surface area is 157 Å². The second-order valence-electron chi connectivity index (χ2n) is 4.05. The first-order valence-corrected chi connectivity index (χ1v) is 7.18. The molecule has 2 aromatic carbocycles. The summed E-state index contributed by atoms with van der Waals surface area (Å²) < 4.78 is 91.3. The van der Waals surface area contributed by atoms with E-state index in [1.165, 1.54) is 6.07 Å². The summed E-state index contributed by atoms with van der Waals surface area (Å²) in [5.41, 5.74) is 0.331. The molecule has 2 rings (SSSR count). The molecule has 0 aliphatic heterocycles. The zero-order valence-electron chi connectivity index (χ0n) is 11.8. The van der Waals surface area contributed by atoms with Crippen LogP contribution in [0.15, 0.2) is 29.2 Å². The predicted octanol–water partition coefficient (Wildman–Crippen LogP) is 2.83. The van der Waals surface area contributed by atoms with Gasteiger partial charge in [0.15, 0.2) is 34.5 Å². The smallest absolute Gasteiger partial charge is 0.300 e. The fraction of sp³-hybridized carbons (Fsp3) is 0. The molecule has 0 unspecified atom stereocenters. The molecule has 0 bridgehead atoms. The van der Waals surface area contributed by atoms with Gasteiger partial charge in [0.25, 0.3) is 0 Å². The van der Waals surface area contributed by atoms with E-state index in [2.05, 4.69) is 0 Å². The molecule has 0 saturated carbocycles. The molecule has 0 amide bonds. The van der Waals surface area contributed by atoms with Crippen molar-refractivity contribution in [1.82, 2.24) is 0 Å². The first-order valence-electron chi connectivity index (χ1n) is 5.74. The molecular weight excluding hydrogens is 454 g/mol. The van der Waals surface area contributed by atoms with Crippen molar-refractivity contribution >= 4 is 16.4 Å². The Balaban J connectivity index is 0.000000495. The number of carbonyl (C=O) groups excluding carboxylic acids is 1. The molecule has 0 atom stereocenters. The number of benzene rings is 2. The van der Waals surface area contributed by atoms with Crippen LogP contribution in [0.2, 0.25) is 0 Å². The standard InChI is InChI=1S/C7H6O2.C6HF5O3S.Zr/c8-5-6-3-1-2-4-7(6)9;7-1-2(8)4(10)6(15(12,13)14)5(11)3(1)9;/h1-5,9H;(H,12,13,14);. The number of phenolic OH excluding ortho intramolecular Hbond substituents is 1.